The molecule has 6 heteroatoms. The van der Waals surface area contributed by atoms with Gasteiger partial charge >= 0.3 is 0 Å². The van der Waals surface area contributed by atoms with Gasteiger partial charge in [0, 0.05) is 5.02 Å². The molecular formula is C12H12Cl2N2OS. The maximum absolute atomic E-state index is 9.70. The van der Waals surface area contributed by atoms with Crippen molar-refractivity contribution in [2.75, 3.05) is 5.32 Å². The normalized spacial score (nSPS) is 10.9. The van der Waals surface area contributed by atoms with E-state index in [0.29, 0.717) is 20.9 Å². The van der Waals surface area contributed by atoms with E-state index in [1.54, 1.807) is 18.2 Å². The van der Waals surface area contributed by atoms with Crippen LogP contribution in [0.5, 0.6) is 5.88 Å². The minimum atomic E-state index is 0.0718. The molecule has 3 nitrogen and oxygen atoms in total. The number of nitrogens with zero attached hydrogens (tertiary/aromatic N) is 1. The van der Waals surface area contributed by atoms with Gasteiger partial charge in [-0.05, 0) is 24.1 Å². The maximum atomic E-state index is 9.70. The van der Waals surface area contributed by atoms with Crippen LogP contribution in [0.15, 0.2) is 18.2 Å². The van der Waals surface area contributed by atoms with E-state index in [1.807, 2.05) is 13.8 Å². The van der Waals surface area contributed by atoms with Gasteiger partial charge in [0.05, 0.1) is 15.6 Å². The monoisotopic (exact) mass is 302 g/mol. The molecule has 0 aliphatic rings. The Balaban J connectivity index is 2.26. The third kappa shape index (κ3) is 2.88. The minimum absolute atomic E-state index is 0.0718. The molecule has 1 heterocycles. The van der Waals surface area contributed by atoms with Crippen LogP contribution in [0.3, 0.4) is 0 Å². The molecular weight excluding hydrogens is 291 g/mol. The number of nitrogens with one attached hydrogen (secondary N) is 1. The number of hydrogen-bond acceptors (Lipinski definition) is 4. The van der Waals surface area contributed by atoms with Crippen molar-refractivity contribution in [1.82, 2.24) is 4.98 Å². The van der Waals surface area contributed by atoms with Gasteiger partial charge in [-0.15, -0.1) is 0 Å². The highest BCUT2D eigenvalue weighted by atomic mass is 35.5. The lowest BCUT2D eigenvalue weighted by Crippen LogP contribution is -1.89. The van der Waals surface area contributed by atoms with Crippen molar-refractivity contribution in [1.29, 1.82) is 0 Å². The van der Waals surface area contributed by atoms with Crippen LogP contribution in [0.1, 0.15) is 24.6 Å². The molecule has 18 heavy (non-hydrogen) atoms. The highest BCUT2D eigenvalue weighted by Crippen LogP contribution is 2.36. The van der Waals surface area contributed by atoms with Gasteiger partial charge in [0.15, 0.2) is 5.13 Å². The summed E-state index contributed by atoms with van der Waals surface area (Å²) in [5.41, 5.74) is 0.713. The average Bonchev–Trinajstić information content (AvgIpc) is 2.64. The van der Waals surface area contributed by atoms with Gasteiger partial charge in [-0.1, -0.05) is 48.4 Å². The molecule has 1 aromatic carbocycles. The summed E-state index contributed by atoms with van der Waals surface area (Å²) in [5.74, 6) is 0.307. The van der Waals surface area contributed by atoms with Gasteiger partial charge in [0.2, 0.25) is 5.88 Å². The molecule has 0 spiro atoms. The van der Waals surface area contributed by atoms with E-state index in [2.05, 4.69) is 10.3 Å². The van der Waals surface area contributed by atoms with Gasteiger partial charge in [-0.2, -0.15) is 4.98 Å². The van der Waals surface area contributed by atoms with Crippen LogP contribution in [-0.2, 0) is 0 Å². The first kappa shape index (κ1) is 13.5. The summed E-state index contributed by atoms with van der Waals surface area (Å²) < 4.78 is 0. The summed E-state index contributed by atoms with van der Waals surface area (Å²) in [6.45, 7) is 4.01. The number of thiazole rings is 1. The predicted molar refractivity (Wildman–Crippen MR) is 77.6 cm³/mol. The number of aromatic hydroxyl groups is 1. The molecule has 0 saturated carbocycles. The quantitative estimate of drug-likeness (QED) is 0.836. The molecule has 0 saturated heterocycles. The fourth-order valence-electron chi connectivity index (χ4n) is 1.46. The number of halogens is 2. The number of benzene rings is 1. The Bertz CT molecular complexity index is 569. The first-order valence-electron chi connectivity index (χ1n) is 5.39. The topological polar surface area (TPSA) is 45.2 Å². The third-order valence-electron chi connectivity index (χ3n) is 2.33. The lowest BCUT2D eigenvalue weighted by Gasteiger charge is -2.04. The summed E-state index contributed by atoms with van der Waals surface area (Å²) >= 11 is 13.3. The minimum Gasteiger partial charge on any atom is -0.492 e. The van der Waals surface area contributed by atoms with Gasteiger partial charge in [0.25, 0.3) is 0 Å². The molecule has 0 bridgehead atoms. The first-order valence-corrected chi connectivity index (χ1v) is 6.96. The fourth-order valence-corrected chi connectivity index (χ4v) is 2.79. The summed E-state index contributed by atoms with van der Waals surface area (Å²) in [6, 6.07) is 5.17. The van der Waals surface area contributed by atoms with Crippen molar-refractivity contribution in [3.8, 4) is 5.88 Å². The van der Waals surface area contributed by atoms with E-state index in [-0.39, 0.29) is 11.8 Å². The van der Waals surface area contributed by atoms with E-state index in [1.165, 1.54) is 11.3 Å². The molecule has 0 amide bonds. The number of hydrogen-bond donors (Lipinski definition) is 2. The largest absolute Gasteiger partial charge is 0.492 e. The highest BCUT2D eigenvalue weighted by Gasteiger charge is 2.14. The SMILES string of the molecule is CC(C)c1sc(Nc2ccc(Cl)cc2Cl)nc1O. The summed E-state index contributed by atoms with van der Waals surface area (Å²) in [6.07, 6.45) is 0. The zero-order valence-corrected chi connectivity index (χ0v) is 12.2. The predicted octanol–water partition coefficient (Wildman–Crippen LogP) is 5.02. The first-order chi connectivity index (χ1) is 8.47. The van der Waals surface area contributed by atoms with Crippen molar-refractivity contribution in [2.45, 2.75) is 19.8 Å². The lowest BCUT2D eigenvalue weighted by atomic mass is 10.2. The molecule has 0 fully saturated rings. The van der Waals surface area contributed by atoms with E-state index in [4.69, 9.17) is 23.2 Å². The van der Waals surface area contributed by atoms with Crippen LogP contribution >= 0.6 is 34.5 Å². The van der Waals surface area contributed by atoms with E-state index >= 15 is 0 Å². The maximum Gasteiger partial charge on any atom is 0.227 e. The van der Waals surface area contributed by atoms with E-state index < -0.39 is 0 Å². The molecule has 0 atom stereocenters. The Hall–Kier alpha value is -0.970. The number of anilines is 2. The van der Waals surface area contributed by atoms with Crippen LogP contribution in [0.4, 0.5) is 10.8 Å². The van der Waals surface area contributed by atoms with Gasteiger partial charge < -0.3 is 10.4 Å². The molecule has 2 aromatic rings. The Morgan fingerprint density at radius 3 is 2.61 bits per heavy atom. The van der Waals surface area contributed by atoms with Gasteiger partial charge in [-0.3, -0.25) is 0 Å². The van der Waals surface area contributed by atoms with Crippen molar-refractivity contribution in [3.63, 3.8) is 0 Å². The second-order valence-electron chi connectivity index (χ2n) is 4.11. The van der Waals surface area contributed by atoms with Crippen molar-refractivity contribution in [3.05, 3.63) is 33.1 Å². The molecule has 0 aliphatic carbocycles. The van der Waals surface area contributed by atoms with Crippen molar-refractivity contribution >= 4 is 45.4 Å². The van der Waals surface area contributed by atoms with Crippen LogP contribution in [0.25, 0.3) is 0 Å². The Labute approximate surface area is 119 Å². The summed E-state index contributed by atoms with van der Waals surface area (Å²) in [4.78, 5) is 4.91. The van der Waals surface area contributed by atoms with Gasteiger partial charge in [-0.25, -0.2) is 0 Å². The lowest BCUT2D eigenvalue weighted by molar-refractivity contribution is 0.449. The highest BCUT2D eigenvalue weighted by molar-refractivity contribution is 7.16. The number of aromatic nitrogens is 1. The van der Waals surface area contributed by atoms with Crippen molar-refractivity contribution < 1.29 is 5.11 Å². The Kier molecular flexibility index (Phi) is 4.00. The van der Waals surface area contributed by atoms with E-state index in [9.17, 15) is 5.11 Å². The summed E-state index contributed by atoms with van der Waals surface area (Å²) in [5, 5.41) is 14.5. The van der Waals surface area contributed by atoms with Gasteiger partial charge in [0.1, 0.15) is 0 Å². The van der Waals surface area contributed by atoms with Crippen LogP contribution in [0, 0.1) is 0 Å². The van der Waals surface area contributed by atoms with E-state index in [0.717, 1.165) is 4.88 Å². The average molecular weight is 303 g/mol. The molecule has 2 rings (SSSR count). The molecule has 2 N–H and O–H groups in total. The standard InChI is InChI=1S/C12H12Cl2N2OS/c1-6(2)10-11(17)16-12(18-10)15-9-4-3-7(13)5-8(9)14/h3-6,17H,1-2H3,(H,15,16). The number of rotatable bonds is 3. The Morgan fingerprint density at radius 2 is 2.06 bits per heavy atom. The van der Waals surface area contributed by atoms with Crippen LogP contribution < -0.4 is 5.32 Å². The fraction of sp³-hybridized carbons (Fsp3) is 0.250. The molecule has 0 radical (unpaired) electrons. The molecule has 0 aliphatic heterocycles. The third-order valence-corrected chi connectivity index (χ3v) is 4.14. The molecule has 0 unspecified atom stereocenters. The molecule has 96 valence electrons. The second kappa shape index (κ2) is 5.34. The zero-order chi connectivity index (χ0) is 13.3. The molecule has 1 aromatic heterocycles. The smallest absolute Gasteiger partial charge is 0.227 e. The summed E-state index contributed by atoms with van der Waals surface area (Å²) in [7, 11) is 0. The van der Waals surface area contributed by atoms with Crippen molar-refractivity contribution in [2.24, 2.45) is 0 Å². The second-order valence-corrected chi connectivity index (χ2v) is 5.99. The zero-order valence-electron chi connectivity index (χ0n) is 9.87. The van der Waals surface area contributed by atoms with Crippen LogP contribution in [0.2, 0.25) is 10.0 Å². The Morgan fingerprint density at radius 1 is 1.33 bits per heavy atom. The van der Waals surface area contributed by atoms with Crippen LogP contribution in [-0.4, -0.2) is 10.1 Å².